The maximum atomic E-state index is 11.6. The van der Waals surface area contributed by atoms with Gasteiger partial charge < -0.3 is 10.1 Å². The summed E-state index contributed by atoms with van der Waals surface area (Å²) in [7, 11) is 0. The molecule has 23 heavy (non-hydrogen) atoms. The number of thiophene rings is 2. The Bertz CT molecular complexity index is 673. The molecule has 1 unspecified atom stereocenters. The average molecular weight is 351 g/mol. The first kappa shape index (κ1) is 16.6. The van der Waals surface area contributed by atoms with Crippen LogP contribution in [0.1, 0.15) is 33.8 Å². The first-order valence-corrected chi connectivity index (χ1v) is 9.50. The summed E-state index contributed by atoms with van der Waals surface area (Å²) in [6.45, 7) is 9.21. The minimum Gasteiger partial charge on any atom is -0.379 e. The van der Waals surface area contributed by atoms with Crippen LogP contribution in [0, 0.1) is 13.8 Å². The molecule has 4 nitrogen and oxygen atoms in total. The molecular weight excluding hydrogens is 328 g/mol. The molecule has 1 N–H and O–H groups in total. The highest BCUT2D eigenvalue weighted by molar-refractivity contribution is 7.16. The minimum absolute atomic E-state index is 0.0144. The van der Waals surface area contributed by atoms with Gasteiger partial charge in [0.1, 0.15) is 5.00 Å². The van der Waals surface area contributed by atoms with Crippen LogP contribution in [0.2, 0.25) is 0 Å². The van der Waals surface area contributed by atoms with Gasteiger partial charge in [0.25, 0.3) is 0 Å². The third kappa shape index (κ3) is 3.50. The zero-order valence-electron chi connectivity index (χ0n) is 13.7. The van der Waals surface area contributed by atoms with Crippen LogP contribution in [0.3, 0.4) is 0 Å². The number of rotatable bonds is 4. The summed E-state index contributed by atoms with van der Waals surface area (Å²) in [5.41, 5.74) is 2.52. The summed E-state index contributed by atoms with van der Waals surface area (Å²) >= 11 is 3.45. The van der Waals surface area contributed by atoms with Crippen molar-refractivity contribution >= 4 is 33.6 Å². The lowest BCUT2D eigenvalue weighted by Crippen LogP contribution is -2.39. The zero-order chi connectivity index (χ0) is 16.4. The summed E-state index contributed by atoms with van der Waals surface area (Å²) in [5, 5.41) is 6.15. The Morgan fingerprint density at radius 1 is 1.35 bits per heavy atom. The topological polar surface area (TPSA) is 41.6 Å². The normalized spacial score (nSPS) is 17.2. The second kappa shape index (κ2) is 7.13. The highest BCUT2D eigenvalue weighted by atomic mass is 32.1. The van der Waals surface area contributed by atoms with Crippen molar-refractivity contribution in [3.63, 3.8) is 0 Å². The summed E-state index contributed by atoms with van der Waals surface area (Å²) in [5.74, 6) is -0.0144. The molecule has 3 rings (SSSR count). The molecule has 3 heterocycles. The van der Waals surface area contributed by atoms with Crippen molar-refractivity contribution < 1.29 is 9.53 Å². The van der Waals surface area contributed by atoms with Crippen molar-refractivity contribution in [2.75, 3.05) is 31.6 Å². The molecule has 0 aromatic carbocycles. The van der Waals surface area contributed by atoms with Crippen molar-refractivity contribution in [1.29, 1.82) is 0 Å². The van der Waals surface area contributed by atoms with Gasteiger partial charge in [-0.1, -0.05) is 6.07 Å². The van der Waals surface area contributed by atoms with Crippen LogP contribution in [0.15, 0.2) is 17.5 Å². The average Bonchev–Trinajstić information content (AvgIpc) is 3.13. The van der Waals surface area contributed by atoms with E-state index in [2.05, 4.69) is 41.6 Å². The standard InChI is InChI=1S/C17H22N2O2S2/c1-11-12(2)23-17(18-13(3)20)15(11)16(14-5-4-10-22-14)19-6-8-21-9-7-19/h4-5,10,16H,6-9H2,1-3H3,(H,18,20). The quantitative estimate of drug-likeness (QED) is 0.912. The second-order valence-electron chi connectivity index (χ2n) is 5.77. The Labute approximate surface area is 145 Å². The van der Waals surface area contributed by atoms with Crippen LogP contribution in [-0.2, 0) is 9.53 Å². The highest BCUT2D eigenvalue weighted by Gasteiger charge is 2.30. The van der Waals surface area contributed by atoms with E-state index in [0.29, 0.717) is 0 Å². The Kier molecular flexibility index (Phi) is 5.16. The van der Waals surface area contributed by atoms with E-state index in [1.807, 2.05) is 0 Å². The fourth-order valence-electron chi connectivity index (χ4n) is 3.01. The molecule has 0 bridgehead atoms. The molecule has 1 aliphatic rings. The Balaban J connectivity index is 2.07. The Morgan fingerprint density at radius 3 is 2.70 bits per heavy atom. The van der Waals surface area contributed by atoms with Gasteiger partial charge in [0.15, 0.2) is 0 Å². The van der Waals surface area contributed by atoms with E-state index < -0.39 is 0 Å². The number of hydrogen-bond acceptors (Lipinski definition) is 5. The molecule has 1 amide bonds. The molecular formula is C17H22N2O2S2. The van der Waals surface area contributed by atoms with Crippen molar-refractivity contribution in [1.82, 2.24) is 4.90 Å². The Morgan fingerprint density at radius 2 is 2.09 bits per heavy atom. The molecule has 1 saturated heterocycles. The zero-order valence-corrected chi connectivity index (χ0v) is 15.4. The number of hydrogen-bond donors (Lipinski definition) is 1. The number of morpholine rings is 1. The molecule has 1 fully saturated rings. The van der Waals surface area contributed by atoms with Crippen LogP contribution in [-0.4, -0.2) is 37.1 Å². The van der Waals surface area contributed by atoms with Crippen LogP contribution >= 0.6 is 22.7 Å². The predicted molar refractivity (Wildman–Crippen MR) is 96.7 cm³/mol. The van der Waals surface area contributed by atoms with Crippen molar-refractivity contribution in [3.8, 4) is 0 Å². The van der Waals surface area contributed by atoms with Crippen molar-refractivity contribution in [2.45, 2.75) is 26.8 Å². The lowest BCUT2D eigenvalue weighted by Gasteiger charge is -2.34. The SMILES string of the molecule is CC(=O)Nc1sc(C)c(C)c1C(c1cccs1)N1CCOCC1. The van der Waals surface area contributed by atoms with E-state index >= 15 is 0 Å². The fraction of sp³-hybridized carbons (Fsp3) is 0.471. The van der Waals surface area contributed by atoms with Crippen LogP contribution in [0.5, 0.6) is 0 Å². The maximum Gasteiger partial charge on any atom is 0.221 e. The molecule has 1 aliphatic heterocycles. The molecule has 0 saturated carbocycles. The number of nitrogens with zero attached hydrogens (tertiary/aromatic N) is 1. The number of aryl methyl sites for hydroxylation is 1. The minimum atomic E-state index is -0.0144. The largest absolute Gasteiger partial charge is 0.379 e. The van der Waals surface area contributed by atoms with Gasteiger partial charge in [0.05, 0.1) is 19.3 Å². The third-order valence-corrected chi connectivity index (χ3v) is 6.28. The summed E-state index contributed by atoms with van der Waals surface area (Å²) in [6.07, 6.45) is 0. The fourth-order valence-corrected chi connectivity index (χ4v) is 5.02. The second-order valence-corrected chi connectivity index (χ2v) is 7.98. The molecule has 2 aromatic rings. The molecule has 124 valence electrons. The van der Waals surface area contributed by atoms with E-state index in [1.165, 1.54) is 20.9 Å². The van der Waals surface area contributed by atoms with E-state index in [9.17, 15) is 4.79 Å². The summed E-state index contributed by atoms with van der Waals surface area (Å²) in [4.78, 5) is 16.7. The lowest BCUT2D eigenvalue weighted by molar-refractivity contribution is -0.114. The lowest BCUT2D eigenvalue weighted by atomic mass is 10.00. The van der Waals surface area contributed by atoms with Crippen molar-refractivity contribution in [3.05, 3.63) is 38.4 Å². The number of amides is 1. The van der Waals surface area contributed by atoms with Crippen LogP contribution in [0.4, 0.5) is 5.00 Å². The smallest absolute Gasteiger partial charge is 0.221 e. The first-order valence-electron chi connectivity index (χ1n) is 7.80. The highest BCUT2D eigenvalue weighted by Crippen LogP contribution is 2.43. The molecule has 0 radical (unpaired) electrons. The number of anilines is 1. The summed E-state index contributed by atoms with van der Waals surface area (Å²) in [6, 6.07) is 4.47. The van der Waals surface area contributed by atoms with Gasteiger partial charge >= 0.3 is 0 Å². The molecule has 0 aliphatic carbocycles. The predicted octanol–water partition coefficient (Wildman–Crippen LogP) is 3.81. The van der Waals surface area contributed by atoms with Gasteiger partial charge in [0, 0.05) is 35.3 Å². The van der Waals surface area contributed by atoms with Crippen LogP contribution < -0.4 is 5.32 Å². The van der Waals surface area contributed by atoms with Gasteiger partial charge in [-0.15, -0.1) is 22.7 Å². The van der Waals surface area contributed by atoms with Gasteiger partial charge in [-0.2, -0.15) is 0 Å². The van der Waals surface area contributed by atoms with E-state index in [0.717, 1.165) is 31.3 Å². The third-order valence-electron chi connectivity index (χ3n) is 4.22. The van der Waals surface area contributed by atoms with Crippen molar-refractivity contribution in [2.24, 2.45) is 0 Å². The maximum absolute atomic E-state index is 11.6. The first-order chi connectivity index (χ1) is 11.1. The van der Waals surface area contributed by atoms with Gasteiger partial charge in [0.2, 0.25) is 5.91 Å². The number of carbonyl (C=O) groups excluding carboxylic acids is 1. The number of carbonyl (C=O) groups is 1. The Hall–Kier alpha value is -1.21. The monoisotopic (exact) mass is 350 g/mol. The van der Waals surface area contributed by atoms with E-state index in [4.69, 9.17) is 4.74 Å². The molecule has 0 spiro atoms. The van der Waals surface area contributed by atoms with E-state index in [-0.39, 0.29) is 11.9 Å². The van der Waals surface area contributed by atoms with Crippen LogP contribution in [0.25, 0.3) is 0 Å². The number of nitrogens with one attached hydrogen (secondary N) is 1. The summed E-state index contributed by atoms with van der Waals surface area (Å²) < 4.78 is 5.53. The molecule has 6 heteroatoms. The van der Waals surface area contributed by atoms with E-state index in [1.54, 1.807) is 29.6 Å². The van der Waals surface area contributed by atoms with Gasteiger partial charge in [-0.05, 0) is 30.9 Å². The molecule has 1 atom stereocenters. The molecule has 2 aromatic heterocycles. The van der Waals surface area contributed by atoms with Gasteiger partial charge in [-0.3, -0.25) is 9.69 Å². The number of ether oxygens (including phenoxy) is 1. The van der Waals surface area contributed by atoms with Gasteiger partial charge in [-0.25, -0.2) is 0 Å².